The van der Waals surface area contributed by atoms with E-state index in [9.17, 15) is 4.79 Å². The van der Waals surface area contributed by atoms with Crippen LogP contribution < -0.4 is 4.74 Å². The first-order valence-corrected chi connectivity index (χ1v) is 9.77. The monoisotopic (exact) mass is 397 g/mol. The number of carbonyl (C=O) groups is 1. The van der Waals surface area contributed by atoms with Gasteiger partial charge in [0.1, 0.15) is 11.5 Å². The lowest BCUT2D eigenvalue weighted by atomic mass is 9.98. The van der Waals surface area contributed by atoms with E-state index in [4.69, 9.17) is 9.26 Å². The molecule has 30 heavy (non-hydrogen) atoms. The molecule has 0 atom stereocenters. The summed E-state index contributed by atoms with van der Waals surface area (Å²) in [5.74, 6) is 2.66. The van der Waals surface area contributed by atoms with Crippen molar-refractivity contribution in [3.63, 3.8) is 0 Å². The number of hydrogen-bond donors (Lipinski definition) is 0. The molecule has 0 aliphatic carbocycles. The van der Waals surface area contributed by atoms with Crippen LogP contribution in [-0.2, 0) is 0 Å². The van der Waals surface area contributed by atoms with Gasteiger partial charge in [-0.15, -0.1) is 0 Å². The topological polar surface area (TPSA) is 68.5 Å². The Morgan fingerprint density at radius 1 is 0.867 bits per heavy atom. The van der Waals surface area contributed by atoms with Gasteiger partial charge in [-0.1, -0.05) is 53.7 Å². The highest BCUT2D eigenvalue weighted by atomic mass is 16.5. The second kappa shape index (κ2) is 7.83. The number of ether oxygens (including phenoxy) is 1. The smallest absolute Gasteiger partial charge is 0.253 e. The first kappa shape index (κ1) is 18.1. The Morgan fingerprint density at radius 2 is 1.50 bits per heavy atom. The van der Waals surface area contributed by atoms with Crippen molar-refractivity contribution in [1.82, 2.24) is 15.0 Å². The van der Waals surface area contributed by atoms with Crippen LogP contribution in [0.5, 0.6) is 11.5 Å². The molecule has 1 aliphatic heterocycles. The van der Waals surface area contributed by atoms with E-state index in [1.54, 1.807) is 17.0 Å². The maximum Gasteiger partial charge on any atom is 0.253 e. The molecule has 1 fully saturated rings. The van der Waals surface area contributed by atoms with Gasteiger partial charge in [-0.05, 0) is 36.4 Å². The number of hydrogen-bond acceptors (Lipinski definition) is 5. The number of carbonyl (C=O) groups excluding carboxylic acids is 1. The molecule has 1 amide bonds. The Balaban J connectivity index is 1.19. The summed E-state index contributed by atoms with van der Waals surface area (Å²) < 4.78 is 11.2. The predicted molar refractivity (Wildman–Crippen MR) is 111 cm³/mol. The Hall–Kier alpha value is -3.93. The van der Waals surface area contributed by atoms with Gasteiger partial charge in [-0.2, -0.15) is 4.98 Å². The Labute approximate surface area is 173 Å². The number of para-hydroxylation sites is 1. The first-order chi connectivity index (χ1) is 14.8. The number of nitrogens with zero attached hydrogens (tertiary/aromatic N) is 3. The minimum Gasteiger partial charge on any atom is -0.457 e. The van der Waals surface area contributed by atoms with Crippen molar-refractivity contribution < 1.29 is 14.1 Å². The van der Waals surface area contributed by atoms with Crippen molar-refractivity contribution >= 4 is 5.91 Å². The van der Waals surface area contributed by atoms with Crippen LogP contribution >= 0.6 is 0 Å². The third-order valence-corrected chi connectivity index (χ3v) is 5.07. The van der Waals surface area contributed by atoms with Crippen LogP contribution in [0.1, 0.15) is 22.2 Å². The zero-order valence-corrected chi connectivity index (χ0v) is 16.1. The number of rotatable bonds is 5. The van der Waals surface area contributed by atoms with Crippen LogP contribution in [0.4, 0.5) is 0 Å². The van der Waals surface area contributed by atoms with Crippen LogP contribution in [0.25, 0.3) is 11.4 Å². The second-order valence-corrected chi connectivity index (χ2v) is 7.17. The van der Waals surface area contributed by atoms with Crippen molar-refractivity contribution in [2.45, 2.75) is 5.92 Å². The fourth-order valence-electron chi connectivity index (χ4n) is 3.38. The fraction of sp³-hybridized carbons (Fsp3) is 0.125. The molecule has 0 bridgehead atoms. The highest BCUT2D eigenvalue weighted by Gasteiger charge is 2.36. The lowest BCUT2D eigenvalue weighted by Gasteiger charge is -2.37. The van der Waals surface area contributed by atoms with Crippen molar-refractivity contribution in [3.05, 3.63) is 96.4 Å². The highest BCUT2D eigenvalue weighted by Crippen LogP contribution is 2.29. The molecular formula is C24H19N3O3. The van der Waals surface area contributed by atoms with E-state index in [1.807, 2.05) is 72.8 Å². The van der Waals surface area contributed by atoms with Crippen LogP contribution in [0.3, 0.4) is 0 Å². The molecule has 6 heteroatoms. The molecule has 0 spiro atoms. The summed E-state index contributed by atoms with van der Waals surface area (Å²) in [5.41, 5.74) is 1.54. The summed E-state index contributed by atoms with van der Waals surface area (Å²) in [6, 6.07) is 26.4. The predicted octanol–water partition coefficient (Wildman–Crippen LogP) is 4.77. The third kappa shape index (κ3) is 3.67. The maximum atomic E-state index is 12.7. The second-order valence-electron chi connectivity index (χ2n) is 7.17. The molecule has 1 aliphatic rings. The zero-order chi connectivity index (χ0) is 20.3. The molecule has 0 unspecified atom stereocenters. The van der Waals surface area contributed by atoms with Crippen molar-refractivity contribution in [2.75, 3.05) is 13.1 Å². The molecule has 4 aromatic rings. The zero-order valence-electron chi connectivity index (χ0n) is 16.1. The van der Waals surface area contributed by atoms with Crippen LogP contribution in [0.15, 0.2) is 89.5 Å². The van der Waals surface area contributed by atoms with Gasteiger partial charge in [0.05, 0.1) is 5.92 Å². The molecule has 148 valence electrons. The summed E-state index contributed by atoms with van der Waals surface area (Å²) >= 11 is 0. The Kier molecular flexibility index (Phi) is 4.73. The number of likely N-dealkylation sites (tertiary alicyclic amines) is 1. The quantitative estimate of drug-likeness (QED) is 0.485. The van der Waals surface area contributed by atoms with E-state index in [0.29, 0.717) is 36.1 Å². The Morgan fingerprint density at radius 3 is 2.20 bits per heavy atom. The molecule has 1 saturated heterocycles. The summed E-state index contributed by atoms with van der Waals surface area (Å²) in [4.78, 5) is 19.0. The summed E-state index contributed by atoms with van der Waals surface area (Å²) in [5, 5.41) is 4.06. The lowest BCUT2D eigenvalue weighted by Crippen LogP contribution is -2.48. The summed E-state index contributed by atoms with van der Waals surface area (Å²) in [7, 11) is 0. The van der Waals surface area contributed by atoms with Gasteiger partial charge in [0.25, 0.3) is 5.91 Å². The van der Waals surface area contributed by atoms with Gasteiger partial charge in [0.15, 0.2) is 0 Å². The fourth-order valence-corrected chi connectivity index (χ4v) is 3.38. The van der Waals surface area contributed by atoms with E-state index < -0.39 is 0 Å². The molecule has 0 saturated carbocycles. The maximum absolute atomic E-state index is 12.7. The lowest BCUT2D eigenvalue weighted by molar-refractivity contribution is 0.0569. The van der Waals surface area contributed by atoms with Gasteiger partial charge in [0.2, 0.25) is 11.7 Å². The van der Waals surface area contributed by atoms with Crippen LogP contribution in [0, 0.1) is 0 Å². The van der Waals surface area contributed by atoms with Crippen LogP contribution in [0.2, 0.25) is 0 Å². The number of amides is 1. The molecule has 3 aromatic carbocycles. The van der Waals surface area contributed by atoms with E-state index in [0.717, 1.165) is 11.3 Å². The molecular weight excluding hydrogens is 378 g/mol. The van der Waals surface area contributed by atoms with E-state index in [1.165, 1.54) is 0 Å². The van der Waals surface area contributed by atoms with Gasteiger partial charge in [-0.3, -0.25) is 4.79 Å². The highest BCUT2D eigenvalue weighted by molar-refractivity contribution is 5.95. The summed E-state index contributed by atoms with van der Waals surface area (Å²) in [6.07, 6.45) is 0. The number of aromatic nitrogens is 2. The van der Waals surface area contributed by atoms with Crippen molar-refractivity contribution in [1.29, 1.82) is 0 Å². The average molecular weight is 397 g/mol. The van der Waals surface area contributed by atoms with Crippen molar-refractivity contribution in [2.24, 2.45) is 0 Å². The largest absolute Gasteiger partial charge is 0.457 e. The SMILES string of the molecule is O=C(c1ccc(Oc2ccccc2)cc1)N1CC(c2nc(-c3ccccc3)no2)C1. The normalized spacial score (nSPS) is 13.7. The van der Waals surface area contributed by atoms with Gasteiger partial charge in [0, 0.05) is 24.2 Å². The van der Waals surface area contributed by atoms with Crippen LogP contribution in [-0.4, -0.2) is 34.0 Å². The standard InChI is InChI=1S/C24H19N3O3/c28-24(18-11-13-21(14-12-18)29-20-9-5-2-6-10-20)27-15-19(16-27)23-25-22(26-30-23)17-7-3-1-4-8-17/h1-14,19H,15-16H2. The van der Waals surface area contributed by atoms with E-state index in [2.05, 4.69) is 10.1 Å². The number of benzene rings is 3. The van der Waals surface area contributed by atoms with Gasteiger partial charge < -0.3 is 14.2 Å². The molecule has 6 nitrogen and oxygen atoms in total. The molecule has 1 aromatic heterocycles. The molecule has 5 rings (SSSR count). The minimum absolute atomic E-state index is 0.0136. The molecule has 0 N–H and O–H groups in total. The first-order valence-electron chi connectivity index (χ1n) is 9.77. The van der Waals surface area contributed by atoms with Gasteiger partial charge >= 0.3 is 0 Å². The minimum atomic E-state index is -0.0136. The van der Waals surface area contributed by atoms with E-state index in [-0.39, 0.29) is 11.8 Å². The average Bonchev–Trinajstić information content (AvgIpc) is 3.24. The van der Waals surface area contributed by atoms with E-state index >= 15 is 0 Å². The Bertz CT molecular complexity index is 1140. The molecule has 2 heterocycles. The summed E-state index contributed by atoms with van der Waals surface area (Å²) in [6.45, 7) is 1.13. The third-order valence-electron chi connectivity index (χ3n) is 5.07. The molecule has 0 radical (unpaired) electrons. The van der Waals surface area contributed by atoms with Gasteiger partial charge in [-0.25, -0.2) is 0 Å². The van der Waals surface area contributed by atoms with Crippen molar-refractivity contribution in [3.8, 4) is 22.9 Å².